The maximum absolute atomic E-state index is 4.28. The lowest BCUT2D eigenvalue weighted by atomic mass is 10.00. The normalized spacial score (nSPS) is 15.2. The van der Waals surface area contributed by atoms with Crippen LogP contribution in [-0.2, 0) is 0 Å². The molecule has 0 radical (unpaired) electrons. The van der Waals surface area contributed by atoms with E-state index in [1.54, 1.807) is 0 Å². The van der Waals surface area contributed by atoms with Gasteiger partial charge in [0.2, 0.25) is 0 Å². The molecule has 0 unspecified atom stereocenters. The summed E-state index contributed by atoms with van der Waals surface area (Å²) in [7, 11) is 0. The molecule has 0 amide bonds. The zero-order valence-electron chi connectivity index (χ0n) is 48.3. The third kappa shape index (κ3) is 15.2. The third-order valence-electron chi connectivity index (χ3n) is 13.8. The van der Waals surface area contributed by atoms with Gasteiger partial charge >= 0.3 is 0 Å². The lowest BCUT2D eigenvalue weighted by molar-refractivity contribution is 0.504. The molecule has 2 aliphatic rings. The van der Waals surface area contributed by atoms with Crippen molar-refractivity contribution in [3.05, 3.63) is 264 Å². The minimum atomic E-state index is 0.841. The van der Waals surface area contributed by atoms with Crippen molar-refractivity contribution >= 4 is 46.5 Å². The molecule has 0 spiro atoms. The van der Waals surface area contributed by atoms with Crippen LogP contribution in [-0.4, -0.2) is 9.13 Å². The number of aryl methyl sites for hydroxylation is 1. The summed E-state index contributed by atoms with van der Waals surface area (Å²) in [6, 6.07) is 23.1. The number of allylic oxidation sites excluding steroid dienone is 23. The van der Waals surface area contributed by atoms with Crippen molar-refractivity contribution in [3.63, 3.8) is 0 Å². The van der Waals surface area contributed by atoms with Crippen LogP contribution in [0.15, 0.2) is 225 Å². The van der Waals surface area contributed by atoms with Crippen molar-refractivity contribution in [2.45, 2.75) is 121 Å². The van der Waals surface area contributed by atoms with Gasteiger partial charge in [0.1, 0.15) is 0 Å². The van der Waals surface area contributed by atoms with Crippen LogP contribution in [0.4, 0.5) is 5.69 Å². The monoisotopic (exact) mass is 1020 g/mol. The number of unbranched alkanes of at least 4 members (excludes halogenated alkanes) is 1. The number of nitrogens with zero attached hydrogens (tertiary/aromatic N) is 3. The number of hydrogen-bond acceptors (Lipinski definition) is 1. The predicted molar refractivity (Wildman–Crippen MR) is 346 cm³/mol. The molecule has 3 aromatic carbocycles. The van der Waals surface area contributed by atoms with Crippen LogP contribution in [0.25, 0.3) is 63.3 Å². The molecule has 2 aromatic heterocycles. The fourth-order valence-electron chi connectivity index (χ4n) is 9.60. The maximum Gasteiger partial charge on any atom is 0.0538 e. The number of aromatic nitrogens is 2. The molecular weight excluding hydrogens is 931 g/mol. The fraction of sp³-hybridized carbons (Fsp3) is 0.243. The summed E-state index contributed by atoms with van der Waals surface area (Å²) >= 11 is 0. The van der Waals surface area contributed by atoms with Gasteiger partial charge < -0.3 is 14.0 Å². The van der Waals surface area contributed by atoms with E-state index in [1.807, 2.05) is 52.0 Å². The molecule has 1 saturated carbocycles. The topological polar surface area (TPSA) is 13.1 Å². The van der Waals surface area contributed by atoms with Gasteiger partial charge in [-0.25, -0.2) is 0 Å². The first-order valence-corrected chi connectivity index (χ1v) is 28.2. The van der Waals surface area contributed by atoms with Crippen LogP contribution in [0.1, 0.15) is 135 Å². The Kier molecular flexibility index (Phi) is 24.8. The molecule has 3 nitrogen and oxygen atoms in total. The van der Waals surface area contributed by atoms with Crippen molar-refractivity contribution in [3.8, 4) is 22.5 Å². The standard InChI is InChI=1S/C68H73N3.C4H8.C2H6/c1-12-21-25-26-27-28-32-40-66-51(10)64-49-56(53(18-7)35-22-13-2)43-46-68(64)71(66)61-48-57(47-60(50-61)69-52(11)62(39-24-15-4)63(33-16-5)65(69)20-9)54-41-44-59(45-42-54)70(58(19-8)38-23-14-3)67(34-17-6)55-36-30-29-31-37-55;1-2-4-3-1;1-2/h12-17,19-26,29-36,38-50H,4-5,8,18,27-28,37H2,1-3,6-7,9-11H3;1-4H2;1-2H3/b21-12-,22-13-,23-14-,26-25-,34-17-,39-24-,40-32-,53-35+,58-38+,63-33-,65-20+,67-55+;;. The van der Waals surface area contributed by atoms with Crippen LogP contribution >= 0.6 is 0 Å². The van der Waals surface area contributed by atoms with Gasteiger partial charge in [0.05, 0.1) is 5.52 Å². The molecule has 2 aliphatic carbocycles. The van der Waals surface area contributed by atoms with E-state index in [0.29, 0.717) is 0 Å². The summed E-state index contributed by atoms with van der Waals surface area (Å²) in [5, 5.41) is 3.46. The smallest absolute Gasteiger partial charge is 0.0538 e. The molecule has 2 heterocycles. The van der Waals surface area contributed by atoms with Gasteiger partial charge in [-0.15, -0.1) is 0 Å². The van der Waals surface area contributed by atoms with Crippen LogP contribution < -0.4 is 15.5 Å². The number of rotatable bonds is 20. The first kappa shape index (κ1) is 60.0. The predicted octanol–water partition coefficient (Wildman–Crippen LogP) is 20.4. The highest BCUT2D eigenvalue weighted by atomic mass is 15.2. The maximum atomic E-state index is 4.28. The average molecular weight is 1020 g/mol. The molecule has 7 rings (SSSR count). The second-order valence-corrected chi connectivity index (χ2v) is 18.8. The van der Waals surface area contributed by atoms with E-state index in [1.165, 1.54) is 59.0 Å². The first-order chi connectivity index (χ1) is 37.7. The summed E-state index contributed by atoms with van der Waals surface area (Å²) in [5.41, 5.74) is 17.1. The number of hydrogen-bond donors (Lipinski definition) is 0. The van der Waals surface area contributed by atoms with E-state index in [9.17, 15) is 0 Å². The minimum absolute atomic E-state index is 0.841. The van der Waals surface area contributed by atoms with Crippen LogP contribution in [0.3, 0.4) is 0 Å². The van der Waals surface area contributed by atoms with E-state index in [4.69, 9.17) is 0 Å². The molecule has 0 N–H and O–H groups in total. The Balaban J connectivity index is 0.00000172. The minimum Gasteiger partial charge on any atom is -0.313 e. The van der Waals surface area contributed by atoms with Crippen molar-refractivity contribution < 1.29 is 0 Å². The van der Waals surface area contributed by atoms with Crippen LogP contribution in [0, 0.1) is 13.8 Å². The quantitative estimate of drug-likeness (QED) is 0.0559. The van der Waals surface area contributed by atoms with Crippen molar-refractivity contribution in [2.75, 3.05) is 4.90 Å². The summed E-state index contributed by atoms with van der Waals surface area (Å²) in [5.74, 6) is 0. The fourth-order valence-corrected chi connectivity index (χ4v) is 9.60. The van der Waals surface area contributed by atoms with E-state index in [-0.39, 0.29) is 0 Å². The average Bonchev–Trinajstić information content (AvgIpc) is 3.92. The third-order valence-corrected chi connectivity index (χ3v) is 13.8. The number of anilines is 1. The second-order valence-electron chi connectivity index (χ2n) is 18.8. The molecule has 0 bridgehead atoms. The second kappa shape index (κ2) is 31.9. The first-order valence-electron chi connectivity index (χ1n) is 28.2. The van der Waals surface area contributed by atoms with E-state index >= 15 is 0 Å². The van der Waals surface area contributed by atoms with Gasteiger partial charge in [-0.2, -0.15) is 0 Å². The zero-order chi connectivity index (χ0) is 55.5. The van der Waals surface area contributed by atoms with Gasteiger partial charge in [-0.1, -0.05) is 212 Å². The van der Waals surface area contributed by atoms with Crippen LogP contribution in [0.2, 0.25) is 0 Å². The Hall–Kier alpha value is -7.88. The van der Waals surface area contributed by atoms with Gasteiger partial charge in [0.25, 0.3) is 0 Å². The Bertz CT molecular complexity index is 3310. The van der Waals surface area contributed by atoms with E-state index in [2.05, 4.69) is 264 Å². The molecule has 5 aromatic rings. The Morgan fingerprint density at radius 2 is 1.36 bits per heavy atom. The van der Waals surface area contributed by atoms with Crippen molar-refractivity contribution in [1.82, 2.24) is 9.13 Å². The van der Waals surface area contributed by atoms with Gasteiger partial charge in [0, 0.05) is 61.4 Å². The SMILES string of the molecule is C1CCC1.C=C/C=C\c1c(C)n(-c2cc(-c3ccc(N(C(/C=C\C)=C4\C=CC=CC4)/C(C=C)=C/C=C\C)cc3)cc(-n3c(/C=C\CC/C=C\C=C/C)c(C)c4cc(/C(=C/C=C\C)CC)ccc43)c2)c(=C/C)/c1=C\C=C.CC. The van der Waals surface area contributed by atoms with Gasteiger partial charge in [0.15, 0.2) is 0 Å². The van der Waals surface area contributed by atoms with Gasteiger partial charge in [-0.05, 0) is 174 Å². The molecule has 0 atom stereocenters. The van der Waals surface area contributed by atoms with E-state index in [0.717, 1.165) is 92.6 Å². The highest BCUT2D eigenvalue weighted by Crippen LogP contribution is 2.37. The molecule has 398 valence electrons. The molecular formula is C74H87N3. The summed E-state index contributed by atoms with van der Waals surface area (Å²) in [6.45, 7) is 33.5. The molecule has 0 aliphatic heterocycles. The molecule has 0 saturated heterocycles. The lowest BCUT2D eigenvalue weighted by Gasteiger charge is -2.29. The lowest BCUT2D eigenvalue weighted by Crippen LogP contribution is -2.29. The Labute approximate surface area is 464 Å². The largest absolute Gasteiger partial charge is 0.313 e. The highest BCUT2D eigenvalue weighted by Gasteiger charge is 2.21. The summed E-state index contributed by atoms with van der Waals surface area (Å²) < 4.78 is 4.87. The summed E-state index contributed by atoms with van der Waals surface area (Å²) in [6.07, 6.45) is 62.7. The van der Waals surface area contributed by atoms with Crippen molar-refractivity contribution in [1.29, 1.82) is 0 Å². The highest BCUT2D eigenvalue weighted by molar-refractivity contribution is 5.93. The van der Waals surface area contributed by atoms with Crippen LogP contribution in [0.5, 0.6) is 0 Å². The molecule has 3 heteroatoms. The Morgan fingerprint density at radius 1 is 0.675 bits per heavy atom. The number of benzene rings is 3. The Morgan fingerprint density at radius 3 is 1.96 bits per heavy atom. The van der Waals surface area contributed by atoms with Crippen molar-refractivity contribution in [2.24, 2.45) is 0 Å². The van der Waals surface area contributed by atoms with Gasteiger partial charge in [-0.3, -0.25) is 0 Å². The summed E-state index contributed by atoms with van der Waals surface area (Å²) in [4.78, 5) is 2.32. The zero-order valence-corrected chi connectivity index (χ0v) is 48.3. The number of fused-ring (bicyclic) bond motifs is 1. The molecule has 77 heavy (non-hydrogen) atoms. The van der Waals surface area contributed by atoms with E-state index < -0.39 is 0 Å². The molecule has 1 fully saturated rings.